The summed E-state index contributed by atoms with van der Waals surface area (Å²) in [4.78, 5) is 49.4. The summed E-state index contributed by atoms with van der Waals surface area (Å²) in [5.41, 5.74) is 2.27. The SMILES string of the molecule is O=C(O)CCCCCCCCCc1ccc(OCc2ccc(S(=O)(=O)Nc3ccc(C(=O)NCCOCCOCC(=O)CCCOCCOCC(=O)O)cn3)cc2)cc1. The first-order valence-corrected chi connectivity index (χ1v) is 21.3. The highest BCUT2D eigenvalue weighted by Gasteiger charge is 2.16. The van der Waals surface area contributed by atoms with Gasteiger partial charge in [-0.15, -0.1) is 0 Å². The van der Waals surface area contributed by atoms with Crippen LogP contribution in [0, 0.1) is 0 Å². The molecule has 2 aromatic carbocycles. The Hall–Kier alpha value is -4.94. The first-order chi connectivity index (χ1) is 28.5. The quantitative estimate of drug-likeness (QED) is 0.0550. The maximum atomic E-state index is 13.0. The Balaban J connectivity index is 1.24. The number of pyridine rings is 1. The summed E-state index contributed by atoms with van der Waals surface area (Å²) in [5.74, 6) is -1.49. The van der Waals surface area contributed by atoms with Crippen molar-refractivity contribution in [3.8, 4) is 5.75 Å². The van der Waals surface area contributed by atoms with Crippen LogP contribution < -0.4 is 14.8 Å². The number of rotatable bonds is 34. The predicted octanol–water partition coefficient (Wildman–Crippen LogP) is 5.44. The van der Waals surface area contributed by atoms with E-state index in [-0.39, 0.29) is 94.3 Å². The predicted molar refractivity (Wildman–Crippen MR) is 218 cm³/mol. The van der Waals surface area contributed by atoms with Crippen LogP contribution in [0.4, 0.5) is 5.82 Å². The summed E-state index contributed by atoms with van der Waals surface area (Å²) in [7, 11) is -3.94. The zero-order valence-electron chi connectivity index (χ0n) is 33.4. The number of Topliss-reactive ketones (excluding diaryl/α,β-unsaturated/α-hetero) is 1. The van der Waals surface area contributed by atoms with Gasteiger partial charge < -0.3 is 39.2 Å². The van der Waals surface area contributed by atoms with E-state index in [2.05, 4.69) is 27.2 Å². The number of amides is 1. The van der Waals surface area contributed by atoms with Crippen LogP contribution in [0.25, 0.3) is 0 Å². The molecule has 3 aromatic rings. The first kappa shape index (κ1) is 48.4. The van der Waals surface area contributed by atoms with Gasteiger partial charge in [-0.25, -0.2) is 18.2 Å². The molecule has 0 saturated heterocycles. The lowest BCUT2D eigenvalue weighted by Crippen LogP contribution is -2.28. The lowest BCUT2D eigenvalue weighted by molar-refractivity contribution is -0.143. The molecule has 0 bridgehead atoms. The molecule has 0 unspecified atom stereocenters. The summed E-state index contributed by atoms with van der Waals surface area (Å²) >= 11 is 0. The van der Waals surface area contributed by atoms with Crippen molar-refractivity contribution in [1.82, 2.24) is 10.3 Å². The van der Waals surface area contributed by atoms with E-state index in [1.165, 1.54) is 36.0 Å². The molecular formula is C42H57N3O13S. The third-order valence-electron chi connectivity index (χ3n) is 8.69. The topological polar surface area (TPSA) is 226 Å². The highest BCUT2D eigenvalue weighted by atomic mass is 32.2. The molecule has 3 rings (SSSR count). The maximum Gasteiger partial charge on any atom is 0.329 e. The van der Waals surface area contributed by atoms with Gasteiger partial charge in [0.1, 0.15) is 31.4 Å². The highest BCUT2D eigenvalue weighted by molar-refractivity contribution is 7.92. The fourth-order valence-corrected chi connectivity index (χ4v) is 6.53. The van der Waals surface area contributed by atoms with Crippen molar-refractivity contribution < 1.29 is 61.5 Å². The largest absolute Gasteiger partial charge is 0.489 e. The van der Waals surface area contributed by atoms with Gasteiger partial charge in [0.2, 0.25) is 0 Å². The highest BCUT2D eigenvalue weighted by Crippen LogP contribution is 2.19. The Morgan fingerprint density at radius 3 is 1.90 bits per heavy atom. The van der Waals surface area contributed by atoms with E-state index in [1.54, 1.807) is 12.1 Å². The normalized spacial score (nSPS) is 11.3. The van der Waals surface area contributed by atoms with Crippen LogP contribution >= 0.6 is 0 Å². The Kier molecular flexibility index (Phi) is 23.4. The standard InChI is InChI=1S/C42H57N3O13S/c46-36(10-8-23-54-25-28-57-32-41(49)50)31-56-27-26-55-24-22-43-42(51)35-16-21-39(44-29-35)45-59(52,53)38-19-14-34(15-20-38)30-58-37-17-12-33(13-18-37)9-6-4-2-1-3-5-7-11-40(47)48/h12-21,29H,1-11,22-28,30-32H2,(H,43,51)(H,44,45)(H,47,48)(H,49,50). The number of nitrogens with zero attached hydrogens (tertiary/aromatic N) is 1. The summed E-state index contributed by atoms with van der Waals surface area (Å²) in [6.07, 6.45) is 10.7. The van der Waals surface area contributed by atoms with Gasteiger partial charge in [0.25, 0.3) is 15.9 Å². The van der Waals surface area contributed by atoms with Crippen LogP contribution in [0.5, 0.6) is 5.75 Å². The minimum Gasteiger partial charge on any atom is -0.489 e. The van der Waals surface area contributed by atoms with Crippen LogP contribution in [0.3, 0.4) is 0 Å². The van der Waals surface area contributed by atoms with Crippen molar-refractivity contribution in [1.29, 1.82) is 0 Å². The van der Waals surface area contributed by atoms with E-state index >= 15 is 0 Å². The number of carboxylic acid groups (broad SMARTS) is 2. The van der Waals surface area contributed by atoms with Crippen molar-refractivity contribution in [2.75, 3.05) is 64.1 Å². The zero-order valence-corrected chi connectivity index (χ0v) is 34.3. The number of benzene rings is 2. The van der Waals surface area contributed by atoms with Gasteiger partial charge in [-0.1, -0.05) is 56.4 Å². The minimum absolute atomic E-state index is 0.0467. The summed E-state index contributed by atoms with van der Waals surface area (Å²) in [5, 5.41) is 19.9. The van der Waals surface area contributed by atoms with Crippen LogP contribution in [0.1, 0.15) is 85.7 Å². The van der Waals surface area contributed by atoms with Gasteiger partial charge >= 0.3 is 11.9 Å². The number of nitrogens with one attached hydrogen (secondary N) is 2. The number of sulfonamides is 1. The van der Waals surface area contributed by atoms with Crippen LogP contribution in [0.15, 0.2) is 71.8 Å². The van der Waals surface area contributed by atoms with Gasteiger partial charge in [0.15, 0.2) is 5.78 Å². The Morgan fingerprint density at radius 1 is 0.610 bits per heavy atom. The number of hydrogen-bond acceptors (Lipinski definition) is 12. The van der Waals surface area contributed by atoms with E-state index in [1.807, 2.05) is 12.1 Å². The van der Waals surface area contributed by atoms with E-state index < -0.39 is 27.9 Å². The van der Waals surface area contributed by atoms with Gasteiger partial charge in [-0.3, -0.25) is 19.1 Å². The average Bonchev–Trinajstić information content (AvgIpc) is 3.21. The summed E-state index contributed by atoms with van der Waals surface area (Å²) < 4.78 is 55.2. The number of aromatic nitrogens is 1. The second-order valence-electron chi connectivity index (χ2n) is 13.6. The fraction of sp³-hybridized carbons (Fsp3) is 0.500. The lowest BCUT2D eigenvalue weighted by Gasteiger charge is -2.10. The monoisotopic (exact) mass is 843 g/mol. The zero-order chi connectivity index (χ0) is 42.6. The van der Waals surface area contributed by atoms with Gasteiger partial charge in [0, 0.05) is 32.2 Å². The Morgan fingerprint density at radius 2 is 1.24 bits per heavy atom. The molecule has 17 heteroatoms. The number of unbranched alkanes of at least 4 members (excludes halogenated alkanes) is 6. The number of hydrogen-bond donors (Lipinski definition) is 4. The molecule has 0 atom stereocenters. The molecule has 0 radical (unpaired) electrons. The van der Waals surface area contributed by atoms with Crippen molar-refractivity contribution in [2.45, 2.75) is 82.1 Å². The number of carbonyl (C=O) groups excluding carboxylic acids is 2. The van der Waals surface area contributed by atoms with Crippen molar-refractivity contribution in [3.05, 3.63) is 83.6 Å². The summed E-state index contributed by atoms with van der Waals surface area (Å²) in [6, 6.07) is 17.2. The molecule has 1 heterocycles. The molecular weight excluding hydrogens is 787 g/mol. The van der Waals surface area contributed by atoms with Crippen molar-refractivity contribution in [2.24, 2.45) is 0 Å². The number of ketones is 1. The van der Waals surface area contributed by atoms with E-state index in [4.69, 9.17) is 33.9 Å². The smallest absolute Gasteiger partial charge is 0.329 e. The number of aryl methyl sites for hydroxylation is 1. The minimum atomic E-state index is -3.94. The van der Waals surface area contributed by atoms with Gasteiger partial charge in [-0.05, 0) is 73.2 Å². The molecule has 1 amide bonds. The van der Waals surface area contributed by atoms with Gasteiger partial charge in [0.05, 0.1) is 43.5 Å². The van der Waals surface area contributed by atoms with Crippen LogP contribution in [-0.2, 0) is 56.4 Å². The molecule has 0 fully saturated rings. The van der Waals surface area contributed by atoms with Crippen molar-refractivity contribution in [3.63, 3.8) is 0 Å². The molecule has 0 spiro atoms. The van der Waals surface area contributed by atoms with E-state index in [0.717, 1.165) is 62.7 Å². The molecule has 0 aliphatic rings. The maximum absolute atomic E-state index is 13.0. The molecule has 324 valence electrons. The fourth-order valence-electron chi connectivity index (χ4n) is 5.53. The molecule has 16 nitrogen and oxygen atoms in total. The molecule has 59 heavy (non-hydrogen) atoms. The van der Waals surface area contributed by atoms with Crippen LogP contribution in [0.2, 0.25) is 0 Å². The summed E-state index contributed by atoms with van der Waals surface area (Å²) in [6.45, 7) is 1.48. The Bertz CT molecular complexity index is 1790. The molecule has 0 aliphatic heterocycles. The average molecular weight is 844 g/mol. The lowest BCUT2D eigenvalue weighted by atomic mass is 10.0. The molecule has 1 aromatic heterocycles. The molecule has 4 N–H and O–H groups in total. The number of ether oxygens (including phenoxy) is 5. The van der Waals surface area contributed by atoms with Crippen LogP contribution in [-0.4, -0.2) is 107 Å². The second kappa shape index (κ2) is 28.5. The second-order valence-corrected chi connectivity index (χ2v) is 15.3. The Labute approximate surface area is 346 Å². The number of anilines is 1. The van der Waals surface area contributed by atoms with Crippen molar-refractivity contribution >= 4 is 39.5 Å². The molecule has 0 aliphatic carbocycles. The number of carboxylic acids is 2. The third-order valence-corrected chi connectivity index (χ3v) is 10.1. The molecule has 0 saturated carbocycles. The van der Waals surface area contributed by atoms with E-state index in [9.17, 15) is 27.6 Å². The number of aliphatic carboxylic acids is 2. The third kappa shape index (κ3) is 22.1. The van der Waals surface area contributed by atoms with Gasteiger partial charge in [-0.2, -0.15) is 0 Å². The first-order valence-electron chi connectivity index (χ1n) is 19.9. The number of carbonyl (C=O) groups is 4. The van der Waals surface area contributed by atoms with E-state index in [0.29, 0.717) is 13.0 Å².